The first-order chi connectivity index (χ1) is 10.4. The number of carbonyl (C=O) groups is 1. The van der Waals surface area contributed by atoms with Gasteiger partial charge in [0.15, 0.2) is 0 Å². The van der Waals surface area contributed by atoms with Crippen molar-refractivity contribution in [2.45, 2.75) is 26.1 Å². The lowest BCUT2D eigenvalue weighted by Crippen LogP contribution is -2.28. The van der Waals surface area contributed by atoms with Gasteiger partial charge in [0.1, 0.15) is 5.82 Å². The van der Waals surface area contributed by atoms with E-state index in [4.69, 9.17) is 0 Å². The number of aryl methyl sites for hydroxylation is 1. The third-order valence-electron chi connectivity index (χ3n) is 2.60. The monoisotopic (exact) mass is 315 g/mol. The number of nitrogens with one attached hydrogen (secondary N) is 2. The average molecular weight is 315 g/mol. The molecule has 2 aromatic rings. The van der Waals surface area contributed by atoms with Crippen LogP contribution in [-0.4, -0.2) is 21.2 Å². The molecule has 0 saturated heterocycles. The number of aromatic nitrogens is 3. The summed E-state index contributed by atoms with van der Waals surface area (Å²) in [5.74, 6) is -1.42. The molecule has 7 nitrogen and oxygen atoms in total. The van der Waals surface area contributed by atoms with Crippen molar-refractivity contribution < 1.29 is 22.5 Å². The predicted molar refractivity (Wildman–Crippen MR) is 68.8 cm³/mol. The first-order valence-corrected chi connectivity index (χ1v) is 6.28. The molecule has 0 aliphatic rings. The summed E-state index contributed by atoms with van der Waals surface area (Å²) < 4.78 is 41.2. The van der Waals surface area contributed by atoms with Crippen molar-refractivity contribution in [2.24, 2.45) is 0 Å². The summed E-state index contributed by atoms with van der Waals surface area (Å²) in [5, 5.41) is 7.49. The Balaban J connectivity index is 1.85. The molecule has 0 saturated carbocycles. The van der Waals surface area contributed by atoms with Crippen LogP contribution in [0.15, 0.2) is 22.9 Å². The van der Waals surface area contributed by atoms with E-state index in [1.807, 2.05) is 6.92 Å². The maximum Gasteiger partial charge on any atom is 0.455 e. The molecule has 0 atom stereocenters. The van der Waals surface area contributed by atoms with Gasteiger partial charge in [-0.1, -0.05) is 18.1 Å². The Labute approximate surface area is 122 Å². The van der Waals surface area contributed by atoms with Crippen LogP contribution in [0.25, 0.3) is 0 Å². The molecule has 2 aromatic heterocycles. The highest BCUT2D eigenvalue weighted by Gasteiger charge is 2.37. The highest BCUT2D eigenvalue weighted by Crippen LogP contribution is 2.26. The van der Waals surface area contributed by atoms with Gasteiger partial charge in [-0.25, -0.2) is 9.78 Å². The summed E-state index contributed by atoms with van der Waals surface area (Å²) in [6.07, 6.45) is -2.25. The molecule has 10 heteroatoms. The van der Waals surface area contributed by atoms with Gasteiger partial charge in [-0.3, -0.25) is 5.32 Å². The number of halogens is 3. The Bertz CT molecular complexity index is 639. The minimum atomic E-state index is -4.69. The molecule has 0 aliphatic carbocycles. The van der Waals surface area contributed by atoms with Gasteiger partial charge in [-0.05, 0) is 18.1 Å². The highest BCUT2D eigenvalue weighted by atomic mass is 19.4. The molecule has 2 amide bonds. The molecule has 0 spiro atoms. The van der Waals surface area contributed by atoms with Gasteiger partial charge in [0.25, 0.3) is 5.82 Å². The Morgan fingerprint density at radius 1 is 1.36 bits per heavy atom. The molecule has 2 rings (SSSR count). The lowest BCUT2D eigenvalue weighted by atomic mass is 10.2. The van der Waals surface area contributed by atoms with Crippen LogP contribution >= 0.6 is 0 Å². The number of carbonyl (C=O) groups excluding carboxylic acids is 1. The van der Waals surface area contributed by atoms with Crippen molar-refractivity contribution in [3.8, 4) is 0 Å². The summed E-state index contributed by atoms with van der Waals surface area (Å²) in [6, 6.07) is 2.77. The lowest BCUT2D eigenvalue weighted by molar-refractivity contribution is -0.146. The van der Waals surface area contributed by atoms with Crippen LogP contribution in [0, 0.1) is 0 Å². The lowest BCUT2D eigenvalue weighted by Gasteiger charge is -2.05. The predicted octanol–water partition coefficient (Wildman–Crippen LogP) is 2.37. The highest BCUT2D eigenvalue weighted by molar-refractivity contribution is 5.88. The number of nitrogens with zero attached hydrogens (tertiary/aromatic N) is 3. The number of amides is 2. The zero-order chi connectivity index (χ0) is 16.2. The summed E-state index contributed by atoms with van der Waals surface area (Å²) in [5.41, 5.74) is 1.01. The van der Waals surface area contributed by atoms with Gasteiger partial charge in [-0.15, -0.1) is 0 Å². The van der Waals surface area contributed by atoms with Crippen molar-refractivity contribution in [2.75, 3.05) is 5.32 Å². The van der Waals surface area contributed by atoms with E-state index < -0.39 is 18.0 Å². The number of rotatable bonds is 4. The van der Waals surface area contributed by atoms with E-state index in [2.05, 4.69) is 30.3 Å². The molecule has 0 aliphatic heterocycles. The Morgan fingerprint density at radius 2 is 2.14 bits per heavy atom. The standard InChI is InChI=1S/C12H12F3N5O2/c1-2-7-3-4-8(16-5-7)18-11(21)17-6-9-19-10(20-22-9)12(13,14)15/h3-5H,2,6H2,1H3,(H2,16,17,18,21). The van der Waals surface area contributed by atoms with Gasteiger partial charge in [0, 0.05) is 6.20 Å². The van der Waals surface area contributed by atoms with Crippen LogP contribution in [0.4, 0.5) is 23.8 Å². The minimum absolute atomic E-state index is 0.316. The second-order valence-corrected chi connectivity index (χ2v) is 4.22. The fourth-order valence-corrected chi connectivity index (χ4v) is 1.47. The fourth-order valence-electron chi connectivity index (χ4n) is 1.47. The molecular formula is C12H12F3N5O2. The molecule has 0 fully saturated rings. The molecular weight excluding hydrogens is 303 g/mol. The van der Waals surface area contributed by atoms with E-state index in [0.29, 0.717) is 5.82 Å². The van der Waals surface area contributed by atoms with Gasteiger partial charge in [0.05, 0.1) is 6.54 Å². The van der Waals surface area contributed by atoms with Crippen molar-refractivity contribution in [3.63, 3.8) is 0 Å². The molecule has 118 valence electrons. The van der Waals surface area contributed by atoms with Crippen LogP contribution in [0.2, 0.25) is 0 Å². The van der Waals surface area contributed by atoms with Crippen molar-refractivity contribution >= 4 is 11.8 Å². The van der Waals surface area contributed by atoms with Crippen LogP contribution < -0.4 is 10.6 Å². The van der Waals surface area contributed by atoms with Crippen molar-refractivity contribution in [1.29, 1.82) is 0 Å². The zero-order valence-electron chi connectivity index (χ0n) is 11.4. The van der Waals surface area contributed by atoms with Gasteiger partial charge >= 0.3 is 12.2 Å². The third kappa shape index (κ3) is 4.17. The van der Waals surface area contributed by atoms with E-state index in [1.165, 1.54) is 0 Å². The molecule has 0 aromatic carbocycles. The van der Waals surface area contributed by atoms with E-state index >= 15 is 0 Å². The number of alkyl halides is 3. The summed E-state index contributed by atoms with van der Waals surface area (Å²) in [6.45, 7) is 1.64. The number of anilines is 1. The SMILES string of the molecule is CCc1ccc(NC(=O)NCc2nc(C(F)(F)F)no2)nc1. The second kappa shape index (κ2) is 6.41. The maximum absolute atomic E-state index is 12.3. The quantitative estimate of drug-likeness (QED) is 0.903. The van der Waals surface area contributed by atoms with E-state index in [0.717, 1.165) is 12.0 Å². The van der Waals surface area contributed by atoms with E-state index in [-0.39, 0.29) is 12.4 Å². The number of hydrogen-bond acceptors (Lipinski definition) is 5. The topological polar surface area (TPSA) is 92.9 Å². The Kier molecular flexibility index (Phi) is 4.59. The second-order valence-electron chi connectivity index (χ2n) is 4.22. The summed E-state index contributed by atoms with van der Waals surface area (Å²) in [7, 11) is 0. The molecule has 2 heterocycles. The summed E-state index contributed by atoms with van der Waals surface area (Å²) in [4.78, 5) is 18.7. The zero-order valence-corrected chi connectivity index (χ0v) is 11.4. The largest absolute Gasteiger partial charge is 0.455 e. The smallest absolute Gasteiger partial charge is 0.337 e. The van der Waals surface area contributed by atoms with Gasteiger partial charge in [-0.2, -0.15) is 18.2 Å². The van der Waals surface area contributed by atoms with E-state index in [1.54, 1.807) is 18.3 Å². The van der Waals surface area contributed by atoms with E-state index in [9.17, 15) is 18.0 Å². The third-order valence-corrected chi connectivity index (χ3v) is 2.60. The van der Waals surface area contributed by atoms with Crippen LogP contribution in [0.5, 0.6) is 0 Å². The maximum atomic E-state index is 12.3. The van der Waals surface area contributed by atoms with Crippen LogP contribution in [-0.2, 0) is 19.1 Å². The van der Waals surface area contributed by atoms with Gasteiger partial charge in [0.2, 0.25) is 5.89 Å². The fraction of sp³-hybridized carbons (Fsp3) is 0.333. The number of urea groups is 1. The van der Waals surface area contributed by atoms with Gasteiger partial charge < -0.3 is 9.84 Å². The number of hydrogen-bond donors (Lipinski definition) is 2. The number of pyridine rings is 1. The first-order valence-electron chi connectivity index (χ1n) is 6.28. The molecule has 0 bridgehead atoms. The first kappa shape index (κ1) is 15.7. The molecule has 22 heavy (non-hydrogen) atoms. The Hall–Kier alpha value is -2.65. The minimum Gasteiger partial charge on any atom is -0.337 e. The Morgan fingerprint density at radius 3 is 2.68 bits per heavy atom. The molecule has 0 radical (unpaired) electrons. The summed E-state index contributed by atoms with van der Waals surface area (Å²) >= 11 is 0. The van der Waals surface area contributed by atoms with Crippen LogP contribution in [0.3, 0.4) is 0 Å². The van der Waals surface area contributed by atoms with Crippen molar-refractivity contribution in [3.05, 3.63) is 35.6 Å². The van der Waals surface area contributed by atoms with Crippen molar-refractivity contribution in [1.82, 2.24) is 20.4 Å². The molecule has 0 unspecified atom stereocenters. The average Bonchev–Trinajstić information content (AvgIpc) is 2.95. The van der Waals surface area contributed by atoms with Crippen LogP contribution in [0.1, 0.15) is 24.2 Å². The normalized spacial score (nSPS) is 11.3. The molecule has 2 N–H and O–H groups in total.